The number of carbonyl (C=O) groups is 1. The summed E-state index contributed by atoms with van der Waals surface area (Å²) < 4.78 is 39.6. The fraction of sp³-hybridized carbons (Fsp3) is 0.125. The van der Waals surface area contributed by atoms with Crippen molar-refractivity contribution in [1.29, 1.82) is 0 Å². The Morgan fingerprint density at radius 3 is 2.68 bits per heavy atom. The van der Waals surface area contributed by atoms with Gasteiger partial charge in [0.05, 0.1) is 28.4 Å². The molecule has 3 aromatic rings. The lowest BCUT2D eigenvalue weighted by Crippen LogP contribution is -2.14. The summed E-state index contributed by atoms with van der Waals surface area (Å²) in [4.78, 5) is 16.1. The highest BCUT2D eigenvalue weighted by molar-refractivity contribution is 6.33. The van der Waals surface area contributed by atoms with Crippen molar-refractivity contribution in [2.24, 2.45) is 0 Å². The monoisotopic (exact) mass is 369 g/mol. The van der Waals surface area contributed by atoms with Gasteiger partial charge in [0, 0.05) is 12.4 Å². The molecule has 1 amide bonds. The van der Waals surface area contributed by atoms with Gasteiger partial charge in [0.25, 0.3) is 0 Å². The van der Waals surface area contributed by atoms with E-state index in [1.165, 1.54) is 18.3 Å². The zero-order chi connectivity index (χ0) is 18.2. The minimum atomic E-state index is -4.54. The first-order valence-corrected chi connectivity index (χ1v) is 7.44. The van der Waals surface area contributed by atoms with Gasteiger partial charge < -0.3 is 14.8 Å². The molecule has 1 aromatic carbocycles. The van der Waals surface area contributed by atoms with Crippen molar-refractivity contribution < 1.29 is 23.1 Å². The Kier molecular flexibility index (Phi) is 4.30. The number of alkyl halides is 3. The van der Waals surface area contributed by atoms with Crippen molar-refractivity contribution in [3.63, 3.8) is 0 Å². The lowest BCUT2D eigenvalue weighted by Gasteiger charge is -2.07. The number of aromatic hydroxyl groups is 1. The molecule has 0 radical (unpaired) electrons. The van der Waals surface area contributed by atoms with E-state index in [1.807, 2.05) is 0 Å². The second kappa shape index (κ2) is 6.29. The van der Waals surface area contributed by atoms with Gasteiger partial charge in [0.15, 0.2) is 5.65 Å². The Morgan fingerprint density at radius 2 is 2.00 bits per heavy atom. The van der Waals surface area contributed by atoms with Crippen molar-refractivity contribution >= 4 is 28.8 Å². The molecule has 0 bridgehead atoms. The molecule has 0 aliphatic heterocycles. The molecular formula is C16H11ClF3N3O2. The number of carbonyl (C=O) groups excluding carboxylic acids is 1. The quantitative estimate of drug-likeness (QED) is 0.688. The van der Waals surface area contributed by atoms with Crippen LogP contribution in [0.3, 0.4) is 0 Å². The number of anilines is 1. The Bertz CT molecular complexity index is 953. The first kappa shape index (κ1) is 17.1. The van der Waals surface area contributed by atoms with Crippen LogP contribution in [0.2, 0.25) is 5.02 Å². The van der Waals surface area contributed by atoms with Gasteiger partial charge in [-0.1, -0.05) is 23.7 Å². The van der Waals surface area contributed by atoms with E-state index >= 15 is 0 Å². The van der Waals surface area contributed by atoms with Crippen molar-refractivity contribution in [2.45, 2.75) is 12.6 Å². The number of amides is 1. The summed E-state index contributed by atoms with van der Waals surface area (Å²) in [5.74, 6) is -0.569. The Labute approximate surface area is 144 Å². The number of imidazole rings is 1. The molecule has 0 atom stereocenters. The van der Waals surface area contributed by atoms with Crippen LogP contribution in [-0.2, 0) is 17.4 Å². The van der Waals surface area contributed by atoms with E-state index in [-0.39, 0.29) is 34.2 Å². The standard InChI is InChI=1S/C16H11ClF3N3O2/c17-11-5-9(16(18,19)20)7-23-8-10(21-15(11)23)6-14(25)22-12-3-1-2-4-13(12)24/h1-5,7-8,24H,6H2,(H,22,25). The van der Waals surface area contributed by atoms with Crippen LogP contribution < -0.4 is 5.32 Å². The van der Waals surface area contributed by atoms with Crippen LogP contribution >= 0.6 is 11.6 Å². The van der Waals surface area contributed by atoms with E-state index < -0.39 is 17.6 Å². The molecule has 0 aliphatic rings. The second-order valence-corrected chi connectivity index (χ2v) is 5.69. The lowest BCUT2D eigenvalue weighted by atomic mass is 10.2. The van der Waals surface area contributed by atoms with Crippen LogP contribution in [0.1, 0.15) is 11.3 Å². The number of phenols is 1. The molecule has 130 valence electrons. The average Bonchev–Trinajstić information content (AvgIpc) is 2.91. The van der Waals surface area contributed by atoms with Crippen LogP contribution in [0.25, 0.3) is 5.65 Å². The van der Waals surface area contributed by atoms with Crippen LogP contribution in [0.15, 0.2) is 42.7 Å². The number of benzene rings is 1. The summed E-state index contributed by atoms with van der Waals surface area (Å²) in [7, 11) is 0. The zero-order valence-electron chi connectivity index (χ0n) is 12.5. The third-order valence-electron chi connectivity index (χ3n) is 3.40. The molecule has 9 heteroatoms. The van der Waals surface area contributed by atoms with Crippen LogP contribution in [0, 0.1) is 0 Å². The molecule has 0 saturated heterocycles. The fourth-order valence-corrected chi connectivity index (χ4v) is 2.54. The SMILES string of the molecule is O=C(Cc1cn2cc(C(F)(F)F)cc(Cl)c2n1)Nc1ccccc1O. The highest BCUT2D eigenvalue weighted by Crippen LogP contribution is 2.32. The van der Waals surface area contributed by atoms with Gasteiger partial charge in [0.2, 0.25) is 5.91 Å². The van der Waals surface area contributed by atoms with Gasteiger partial charge in [-0.05, 0) is 18.2 Å². The molecule has 3 rings (SSSR count). The first-order chi connectivity index (χ1) is 11.7. The third-order valence-corrected chi connectivity index (χ3v) is 3.68. The van der Waals surface area contributed by atoms with Crippen molar-refractivity contribution in [1.82, 2.24) is 9.38 Å². The van der Waals surface area contributed by atoms with Gasteiger partial charge in [-0.2, -0.15) is 13.2 Å². The summed E-state index contributed by atoms with van der Waals surface area (Å²) in [6.45, 7) is 0. The molecule has 0 fully saturated rings. The summed E-state index contributed by atoms with van der Waals surface area (Å²) in [6.07, 6.45) is -2.56. The van der Waals surface area contributed by atoms with E-state index in [4.69, 9.17) is 11.6 Å². The van der Waals surface area contributed by atoms with Crippen molar-refractivity contribution in [3.05, 3.63) is 59.0 Å². The number of rotatable bonds is 3. The first-order valence-electron chi connectivity index (χ1n) is 7.06. The second-order valence-electron chi connectivity index (χ2n) is 5.28. The molecule has 2 heterocycles. The van der Waals surface area contributed by atoms with Gasteiger partial charge in [0.1, 0.15) is 5.75 Å². The Morgan fingerprint density at radius 1 is 1.28 bits per heavy atom. The molecule has 0 saturated carbocycles. The summed E-state index contributed by atoms with van der Waals surface area (Å²) in [6, 6.07) is 6.96. The van der Waals surface area contributed by atoms with Gasteiger partial charge in [-0.3, -0.25) is 4.79 Å². The molecule has 2 N–H and O–H groups in total. The summed E-state index contributed by atoms with van der Waals surface area (Å²) in [5, 5.41) is 12.0. The number of aromatic nitrogens is 2. The maximum atomic E-state index is 12.8. The van der Waals surface area contributed by atoms with Crippen LogP contribution in [0.4, 0.5) is 18.9 Å². The number of pyridine rings is 1. The third kappa shape index (κ3) is 3.69. The average molecular weight is 370 g/mol. The molecule has 0 aliphatic carbocycles. The largest absolute Gasteiger partial charge is 0.506 e. The van der Waals surface area contributed by atoms with Crippen molar-refractivity contribution in [2.75, 3.05) is 5.32 Å². The van der Waals surface area contributed by atoms with Crippen LogP contribution in [-0.4, -0.2) is 20.4 Å². The normalized spacial score (nSPS) is 11.7. The number of para-hydroxylation sites is 2. The molecule has 0 unspecified atom stereocenters. The molecule has 5 nitrogen and oxygen atoms in total. The maximum Gasteiger partial charge on any atom is 0.417 e. The van der Waals surface area contributed by atoms with Gasteiger partial charge >= 0.3 is 6.18 Å². The molecule has 25 heavy (non-hydrogen) atoms. The predicted molar refractivity (Wildman–Crippen MR) is 85.6 cm³/mol. The van der Waals surface area contributed by atoms with Gasteiger partial charge in [-0.15, -0.1) is 0 Å². The summed E-state index contributed by atoms with van der Waals surface area (Å²) in [5.41, 5.74) is -0.310. The molecule has 0 spiro atoms. The fourth-order valence-electron chi connectivity index (χ4n) is 2.29. The number of hydrogen-bond acceptors (Lipinski definition) is 3. The predicted octanol–water partition coefficient (Wildman–Crippen LogP) is 3.89. The van der Waals surface area contributed by atoms with Gasteiger partial charge in [-0.25, -0.2) is 4.98 Å². The lowest BCUT2D eigenvalue weighted by molar-refractivity contribution is -0.137. The van der Waals surface area contributed by atoms with E-state index in [0.29, 0.717) is 0 Å². The number of phenolic OH excluding ortho intramolecular Hbond substituents is 1. The van der Waals surface area contributed by atoms with E-state index in [0.717, 1.165) is 16.7 Å². The van der Waals surface area contributed by atoms with Crippen molar-refractivity contribution in [3.8, 4) is 5.75 Å². The number of fused-ring (bicyclic) bond motifs is 1. The minimum absolute atomic E-state index is 0.0938. The smallest absolute Gasteiger partial charge is 0.417 e. The van der Waals surface area contributed by atoms with Crippen LogP contribution in [0.5, 0.6) is 5.75 Å². The summed E-state index contributed by atoms with van der Waals surface area (Å²) >= 11 is 5.85. The van der Waals surface area contributed by atoms with E-state index in [2.05, 4.69) is 10.3 Å². The number of nitrogens with one attached hydrogen (secondary N) is 1. The highest BCUT2D eigenvalue weighted by atomic mass is 35.5. The number of halogens is 4. The zero-order valence-corrected chi connectivity index (χ0v) is 13.3. The maximum absolute atomic E-state index is 12.8. The Balaban J connectivity index is 1.83. The van der Waals surface area contributed by atoms with E-state index in [1.54, 1.807) is 12.1 Å². The molecular weight excluding hydrogens is 359 g/mol. The number of nitrogens with zero attached hydrogens (tertiary/aromatic N) is 2. The highest BCUT2D eigenvalue weighted by Gasteiger charge is 2.32. The number of hydrogen-bond donors (Lipinski definition) is 2. The van der Waals surface area contributed by atoms with E-state index in [9.17, 15) is 23.1 Å². The minimum Gasteiger partial charge on any atom is -0.506 e. The topological polar surface area (TPSA) is 66.6 Å². The Hall–Kier alpha value is -2.74. The molecule has 2 aromatic heterocycles.